The van der Waals surface area contributed by atoms with Crippen LogP contribution in [0, 0.1) is 0 Å². The zero-order valence-electron chi connectivity index (χ0n) is 14.9. The van der Waals surface area contributed by atoms with Gasteiger partial charge in [0, 0.05) is 24.5 Å². The van der Waals surface area contributed by atoms with Crippen LogP contribution in [0.1, 0.15) is 15.9 Å². The Morgan fingerprint density at radius 3 is 2.18 bits per heavy atom. The number of halogens is 3. The number of epoxide rings is 2. The fourth-order valence-corrected chi connectivity index (χ4v) is 3.01. The van der Waals surface area contributed by atoms with Crippen LogP contribution in [0.25, 0.3) is 0 Å². The van der Waals surface area contributed by atoms with Crippen LogP contribution < -0.4 is 10.2 Å². The highest BCUT2D eigenvalue weighted by molar-refractivity contribution is 6.05. The molecule has 0 spiro atoms. The number of nitrogens with zero attached hydrogens (tertiary/aromatic N) is 1. The van der Waals surface area contributed by atoms with Gasteiger partial charge in [-0.1, -0.05) is 18.2 Å². The number of anilines is 2. The molecule has 5 nitrogen and oxygen atoms in total. The lowest BCUT2D eigenvalue weighted by Crippen LogP contribution is -2.32. The Labute approximate surface area is 160 Å². The molecule has 0 saturated carbocycles. The summed E-state index contributed by atoms with van der Waals surface area (Å²) in [5.74, 6) is -0.798. The number of ether oxygens (including phenoxy) is 2. The molecular weight excluding hydrogens is 373 g/mol. The number of para-hydroxylation sites is 1. The number of carbonyl (C=O) groups excluding carboxylic acids is 1. The minimum atomic E-state index is -4.66. The van der Waals surface area contributed by atoms with Crippen LogP contribution in [0.5, 0.6) is 0 Å². The molecule has 2 saturated heterocycles. The zero-order valence-corrected chi connectivity index (χ0v) is 14.9. The monoisotopic (exact) mass is 392 g/mol. The van der Waals surface area contributed by atoms with Crippen LogP contribution in [0.3, 0.4) is 0 Å². The van der Waals surface area contributed by atoms with Crippen molar-refractivity contribution in [1.82, 2.24) is 0 Å². The number of amides is 1. The van der Waals surface area contributed by atoms with E-state index in [-0.39, 0.29) is 12.2 Å². The molecule has 2 aliphatic heterocycles. The molecular formula is C20H19F3N2O3. The number of benzene rings is 2. The summed E-state index contributed by atoms with van der Waals surface area (Å²) in [7, 11) is 0. The Hall–Kier alpha value is -2.58. The largest absolute Gasteiger partial charge is 0.417 e. The number of hydrogen-bond acceptors (Lipinski definition) is 4. The van der Waals surface area contributed by atoms with Crippen molar-refractivity contribution in [2.75, 3.05) is 36.5 Å². The summed E-state index contributed by atoms with van der Waals surface area (Å²) in [4.78, 5) is 14.3. The van der Waals surface area contributed by atoms with Crippen LogP contribution in [-0.4, -0.2) is 44.4 Å². The third-order valence-electron chi connectivity index (χ3n) is 4.60. The molecule has 4 rings (SSSR count). The molecule has 2 aromatic carbocycles. The predicted molar refractivity (Wildman–Crippen MR) is 97.5 cm³/mol. The van der Waals surface area contributed by atoms with Gasteiger partial charge in [0.05, 0.1) is 36.5 Å². The molecule has 1 N–H and O–H groups in total. The summed E-state index contributed by atoms with van der Waals surface area (Å²) >= 11 is 0. The Bertz CT molecular complexity index is 836. The molecule has 0 aromatic heterocycles. The van der Waals surface area contributed by atoms with E-state index in [4.69, 9.17) is 9.47 Å². The molecule has 0 bridgehead atoms. The first kappa shape index (κ1) is 18.8. The second-order valence-electron chi connectivity index (χ2n) is 6.86. The topological polar surface area (TPSA) is 57.4 Å². The van der Waals surface area contributed by atoms with Crippen LogP contribution in [0.4, 0.5) is 24.5 Å². The first-order valence-corrected chi connectivity index (χ1v) is 8.96. The molecule has 0 aliphatic carbocycles. The third kappa shape index (κ3) is 4.63. The van der Waals surface area contributed by atoms with Gasteiger partial charge in [0.15, 0.2) is 0 Å². The van der Waals surface area contributed by atoms with Gasteiger partial charge in [-0.3, -0.25) is 4.79 Å². The van der Waals surface area contributed by atoms with E-state index < -0.39 is 23.2 Å². The van der Waals surface area contributed by atoms with Crippen molar-refractivity contribution in [1.29, 1.82) is 0 Å². The van der Waals surface area contributed by atoms with E-state index in [9.17, 15) is 18.0 Å². The van der Waals surface area contributed by atoms with Crippen molar-refractivity contribution in [2.45, 2.75) is 18.4 Å². The molecule has 8 heteroatoms. The molecule has 148 valence electrons. The van der Waals surface area contributed by atoms with E-state index in [2.05, 4.69) is 5.32 Å². The highest BCUT2D eigenvalue weighted by Crippen LogP contribution is 2.36. The molecule has 2 heterocycles. The second kappa shape index (κ2) is 7.44. The Balaban J connectivity index is 1.62. The van der Waals surface area contributed by atoms with Crippen LogP contribution >= 0.6 is 0 Å². The standard InChI is InChI=1S/C20H19F3N2O3/c21-20(22,23)18-8-14(25(9-15-11-27-15)10-16-12-28-16)6-7-17(18)19(26)24-13-4-2-1-3-5-13/h1-8,15-16H,9-12H2,(H,24,26). The van der Waals surface area contributed by atoms with Crippen molar-refractivity contribution in [2.24, 2.45) is 0 Å². The number of alkyl halides is 3. The molecule has 2 atom stereocenters. The lowest BCUT2D eigenvalue weighted by atomic mass is 10.0. The number of carbonyl (C=O) groups is 1. The van der Waals surface area contributed by atoms with Crippen LogP contribution in [0.2, 0.25) is 0 Å². The van der Waals surface area contributed by atoms with Gasteiger partial charge in [-0.15, -0.1) is 0 Å². The number of rotatable bonds is 7. The van der Waals surface area contributed by atoms with Crippen LogP contribution in [-0.2, 0) is 15.7 Å². The summed E-state index contributed by atoms with van der Waals surface area (Å²) in [5, 5.41) is 2.51. The quantitative estimate of drug-likeness (QED) is 0.732. The molecule has 28 heavy (non-hydrogen) atoms. The normalized spacial score (nSPS) is 20.5. The lowest BCUT2D eigenvalue weighted by molar-refractivity contribution is -0.137. The summed E-state index contributed by atoms with van der Waals surface area (Å²) in [6.07, 6.45) is -4.61. The minimum absolute atomic E-state index is 0.0224. The van der Waals surface area contributed by atoms with Gasteiger partial charge in [0.2, 0.25) is 0 Å². The maximum Gasteiger partial charge on any atom is 0.417 e. The molecule has 2 aromatic rings. The van der Waals surface area contributed by atoms with Crippen molar-refractivity contribution in [3.05, 3.63) is 59.7 Å². The highest BCUT2D eigenvalue weighted by atomic mass is 19.4. The molecule has 2 unspecified atom stereocenters. The van der Waals surface area contributed by atoms with Crippen molar-refractivity contribution >= 4 is 17.3 Å². The summed E-state index contributed by atoms with van der Waals surface area (Å²) in [6, 6.07) is 12.2. The van der Waals surface area contributed by atoms with E-state index in [0.717, 1.165) is 6.07 Å². The maximum atomic E-state index is 13.7. The van der Waals surface area contributed by atoms with Crippen molar-refractivity contribution in [3.63, 3.8) is 0 Å². The maximum absolute atomic E-state index is 13.7. The van der Waals surface area contributed by atoms with Crippen molar-refractivity contribution in [3.8, 4) is 0 Å². The Morgan fingerprint density at radius 2 is 1.64 bits per heavy atom. The van der Waals surface area contributed by atoms with Gasteiger partial charge in [-0.05, 0) is 30.3 Å². The smallest absolute Gasteiger partial charge is 0.371 e. The van der Waals surface area contributed by atoms with Gasteiger partial charge < -0.3 is 19.7 Å². The third-order valence-corrected chi connectivity index (χ3v) is 4.60. The fraction of sp³-hybridized carbons (Fsp3) is 0.350. The minimum Gasteiger partial charge on any atom is -0.371 e. The van der Waals surface area contributed by atoms with E-state index in [1.54, 1.807) is 36.4 Å². The molecule has 2 aliphatic rings. The van der Waals surface area contributed by atoms with Gasteiger partial charge in [-0.2, -0.15) is 13.2 Å². The van der Waals surface area contributed by atoms with E-state index >= 15 is 0 Å². The van der Waals surface area contributed by atoms with E-state index in [0.29, 0.717) is 37.7 Å². The average Bonchev–Trinajstić information content (AvgIpc) is 3.57. The van der Waals surface area contributed by atoms with Crippen LogP contribution in [0.15, 0.2) is 48.5 Å². The van der Waals surface area contributed by atoms with E-state index in [1.165, 1.54) is 6.07 Å². The SMILES string of the molecule is O=C(Nc1ccccc1)c1ccc(N(CC2CO2)CC2CO2)cc1C(F)(F)F. The summed E-state index contributed by atoms with van der Waals surface area (Å²) < 4.78 is 51.5. The second-order valence-corrected chi connectivity index (χ2v) is 6.86. The Morgan fingerprint density at radius 1 is 1.04 bits per heavy atom. The molecule has 2 fully saturated rings. The fourth-order valence-electron chi connectivity index (χ4n) is 3.01. The number of hydrogen-bond donors (Lipinski definition) is 1. The lowest BCUT2D eigenvalue weighted by Gasteiger charge is -2.25. The van der Waals surface area contributed by atoms with Gasteiger partial charge in [0.25, 0.3) is 5.91 Å². The van der Waals surface area contributed by atoms with Gasteiger partial charge in [0.1, 0.15) is 0 Å². The first-order chi connectivity index (χ1) is 13.4. The first-order valence-electron chi connectivity index (χ1n) is 8.96. The van der Waals surface area contributed by atoms with Gasteiger partial charge in [-0.25, -0.2) is 0 Å². The summed E-state index contributed by atoms with van der Waals surface area (Å²) in [6.45, 7) is 2.19. The molecule has 0 radical (unpaired) electrons. The van der Waals surface area contributed by atoms with Gasteiger partial charge >= 0.3 is 6.18 Å². The predicted octanol–water partition coefficient (Wildman–Crippen LogP) is 3.56. The highest BCUT2D eigenvalue weighted by Gasteiger charge is 2.37. The van der Waals surface area contributed by atoms with Crippen molar-refractivity contribution < 1.29 is 27.4 Å². The average molecular weight is 392 g/mol. The number of nitrogens with one attached hydrogen (secondary N) is 1. The Kier molecular flexibility index (Phi) is 4.99. The molecule has 1 amide bonds. The van der Waals surface area contributed by atoms with E-state index in [1.807, 2.05) is 4.90 Å². The zero-order chi connectivity index (χ0) is 19.7. The summed E-state index contributed by atoms with van der Waals surface area (Å²) in [5.41, 5.74) is -0.542.